The molecule has 3 aliphatic heterocycles. The highest BCUT2D eigenvalue weighted by Gasteiger charge is 2.24. The number of nitrogens with two attached hydrogens (primary N) is 3. The number of nitrogen functional groups attached to an aromatic ring is 3. The number of fused-ring (bicyclic) bond motifs is 2. The molecule has 3 aromatic carbocycles. The summed E-state index contributed by atoms with van der Waals surface area (Å²) in [6, 6.07) is 41.3. The van der Waals surface area contributed by atoms with Crippen molar-refractivity contribution in [1.82, 2.24) is 64.8 Å². The first-order valence-corrected chi connectivity index (χ1v) is 36.3. The van der Waals surface area contributed by atoms with E-state index in [1.165, 1.54) is 11.1 Å². The van der Waals surface area contributed by atoms with Crippen LogP contribution >= 0.6 is 35.7 Å². The van der Waals surface area contributed by atoms with E-state index < -0.39 is 0 Å². The lowest BCUT2D eigenvalue weighted by Gasteiger charge is -2.29. The molecule has 0 unspecified atom stereocenters. The van der Waals surface area contributed by atoms with Gasteiger partial charge in [0.15, 0.2) is 39.3 Å². The number of hydrogen-bond acceptors (Lipinski definition) is 30. The standard InChI is InChI=1S/C23H25N7O3.C16H18N6O3S.C15H20N6O3.C10H13NS2.C7H9N/c1-16-5-4-6-17(15-16)25-22-26-19-20(27-22)28-23(29-21(19)30-9-11-31-12-10-30)33-14-13-32-18-7-2-3-8-24-18;26-16-18-12-13(20-16)19-15(21-14(12)22-5-7-23-8-6-22)25-10-9-24-11-3-1-2-4-17-11;16-12-13(17)19-15(20-14(12)21-5-7-22-8-6-21)24-10-9-23-11-3-1-2-4-18-11;1-8-5-4-6-9(7-8)11-10(12-2)13-3;1-6-3-2-4-7(8)5-6/h2-8,15H,9-14H2,1H3,(H2,25,26,27,28,29);1-4H,5-10H2,(H2,18,19,20,21,26);1-4H,5-10,16H2,(H2,17,19,20);4-7H,1-3H3;2-5H,8H2,1H3. The topological polar surface area (TPSA) is 372 Å². The molecule has 0 saturated carbocycles. The molecule has 0 spiro atoms. The molecule has 0 bridgehead atoms. The van der Waals surface area contributed by atoms with Crippen LogP contribution in [0.2, 0.25) is 0 Å². The number of aliphatic imine (C=N–C) groups is 1. The SMILES string of the molecule is CSC(=Nc1cccc(C)c1)SC.Cc1cccc(N)c1.Cc1cccc(Nc2nc3nc(OCCOc4ccccn4)nc(N4CCOCC4)c3[nH]2)c1.Nc1nc(OCCOc2ccccn2)nc(N2CCOCC2)c1N.S=c1[nH]c2nc(OCCOc3ccccn3)nc(N3CCOCC3)c2[nH]1. The van der Waals surface area contributed by atoms with Crippen LogP contribution in [0.3, 0.4) is 0 Å². The van der Waals surface area contributed by atoms with Gasteiger partial charge in [-0.1, -0.05) is 54.6 Å². The van der Waals surface area contributed by atoms with E-state index in [2.05, 4.69) is 110 Å². The number of pyridine rings is 3. The Hall–Kier alpha value is -10.8. The van der Waals surface area contributed by atoms with Crippen molar-refractivity contribution in [1.29, 1.82) is 0 Å². The van der Waals surface area contributed by atoms with Gasteiger partial charge in [0.05, 0.1) is 45.3 Å². The minimum atomic E-state index is 0.174. The number of hydrogen-bond donors (Lipinski definition) is 7. The van der Waals surface area contributed by atoms with Crippen LogP contribution in [0.1, 0.15) is 16.7 Å². The number of anilines is 8. The Labute approximate surface area is 615 Å². The molecule has 3 aliphatic rings. The second-order valence-corrected chi connectivity index (χ2v) is 25.1. The molecule has 0 atom stereocenters. The number of aryl methyl sites for hydroxylation is 3. The minimum absolute atomic E-state index is 0.174. The largest absolute Gasteiger partial charge is 0.474 e. The molecule has 3 saturated heterocycles. The van der Waals surface area contributed by atoms with E-state index in [1.807, 2.05) is 122 Å². The van der Waals surface area contributed by atoms with Gasteiger partial charge in [-0.05, 0) is 117 Å². The lowest BCUT2D eigenvalue weighted by molar-refractivity contribution is 0.122. The predicted molar refractivity (Wildman–Crippen MR) is 412 cm³/mol. The zero-order valence-corrected chi connectivity index (χ0v) is 60.9. The fourth-order valence-corrected chi connectivity index (χ4v) is 11.4. The van der Waals surface area contributed by atoms with Crippen LogP contribution in [0.15, 0.2) is 151 Å². The third kappa shape index (κ3) is 23.9. The van der Waals surface area contributed by atoms with Crippen molar-refractivity contribution in [2.45, 2.75) is 20.8 Å². The molecule has 0 aliphatic carbocycles. The van der Waals surface area contributed by atoms with Gasteiger partial charge in [0.2, 0.25) is 23.6 Å². The summed E-state index contributed by atoms with van der Waals surface area (Å²) in [5, 5.41) is 3.31. The van der Waals surface area contributed by atoms with Crippen molar-refractivity contribution >= 4 is 114 Å². The summed E-state index contributed by atoms with van der Waals surface area (Å²) in [5.74, 6) is 4.50. The third-order valence-corrected chi connectivity index (χ3v) is 17.1. The number of benzene rings is 3. The highest BCUT2D eigenvalue weighted by atomic mass is 32.2. The summed E-state index contributed by atoms with van der Waals surface area (Å²) >= 11 is 8.55. The first-order chi connectivity index (χ1) is 50.8. The number of thioether (sulfide) groups is 2. The Balaban J connectivity index is 0.000000148. The molecule has 546 valence electrons. The summed E-state index contributed by atoms with van der Waals surface area (Å²) in [5.41, 5.74) is 26.8. The van der Waals surface area contributed by atoms with E-state index >= 15 is 0 Å². The molecule has 8 aromatic heterocycles. The number of nitrogens with zero attached hydrogens (tertiary/aromatic N) is 14. The molecule has 0 amide bonds. The Morgan fingerprint density at radius 1 is 0.490 bits per heavy atom. The van der Waals surface area contributed by atoms with Gasteiger partial charge in [0.25, 0.3) is 0 Å². The minimum Gasteiger partial charge on any atom is -0.474 e. The van der Waals surface area contributed by atoms with Gasteiger partial charge < -0.3 is 94.8 Å². The summed E-state index contributed by atoms with van der Waals surface area (Å²) < 4.78 is 51.4. The second kappa shape index (κ2) is 40.1. The van der Waals surface area contributed by atoms with Crippen LogP contribution in [0.4, 0.5) is 52.0 Å². The zero-order valence-electron chi connectivity index (χ0n) is 58.5. The summed E-state index contributed by atoms with van der Waals surface area (Å²) in [7, 11) is 0. The molecule has 30 nitrogen and oxygen atoms in total. The van der Waals surface area contributed by atoms with Gasteiger partial charge in [0.1, 0.15) is 60.7 Å². The predicted octanol–water partition coefficient (Wildman–Crippen LogP) is 10.4. The van der Waals surface area contributed by atoms with Gasteiger partial charge >= 0.3 is 18.0 Å². The monoisotopic (exact) mass is 1470 g/mol. The first-order valence-electron chi connectivity index (χ1n) is 33.4. The number of aromatic nitrogens is 13. The number of rotatable bonds is 21. The Morgan fingerprint density at radius 2 is 0.952 bits per heavy atom. The van der Waals surface area contributed by atoms with Crippen molar-refractivity contribution in [3.8, 4) is 35.7 Å². The maximum Gasteiger partial charge on any atom is 0.320 e. The van der Waals surface area contributed by atoms with E-state index in [1.54, 1.807) is 60.3 Å². The number of nitrogens with one attached hydrogen (secondary N) is 4. The van der Waals surface area contributed by atoms with Gasteiger partial charge in [-0.2, -0.15) is 34.9 Å². The summed E-state index contributed by atoms with van der Waals surface area (Å²) in [4.78, 5) is 63.7. The van der Waals surface area contributed by atoms with Crippen LogP contribution in [0, 0.1) is 25.5 Å². The Bertz CT molecular complexity index is 4490. The van der Waals surface area contributed by atoms with E-state index in [0.29, 0.717) is 130 Å². The van der Waals surface area contributed by atoms with Gasteiger partial charge in [-0.15, -0.1) is 23.5 Å². The summed E-state index contributed by atoms with van der Waals surface area (Å²) in [6.45, 7) is 16.2. The molecular weight excluding hydrogens is 1390 g/mol. The van der Waals surface area contributed by atoms with Gasteiger partial charge in [0, 0.05) is 87.4 Å². The molecule has 10 N–H and O–H groups in total. The highest BCUT2D eigenvalue weighted by Crippen LogP contribution is 2.31. The van der Waals surface area contributed by atoms with Crippen molar-refractivity contribution < 1.29 is 42.6 Å². The van der Waals surface area contributed by atoms with Crippen molar-refractivity contribution in [3.63, 3.8) is 0 Å². The average molecular weight is 1470 g/mol. The van der Waals surface area contributed by atoms with Gasteiger partial charge in [-0.25, -0.2) is 19.9 Å². The lowest BCUT2D eigenvalue weighted by atomic mass is 10.2. The Morgan fingerprint density at radius 3 is 1.43 bits per heavy atom. The smallest absolute Gasteiger partial charge is 0.320 e. The van der Waals surface area contributed by atoms with E-state index in [0.717, 1.165) is 75.8 Å². The highest BCUT2D eigenvalue weighted by molar-refractivity contribution is 8.38. The molecule has 14 rings (SSSR count). The number of ether oxygens (including phenoxy) is 9. The fourth-order valence-electron chi connectivity index (χ4n) is 10.1. The Kier molecular flexibility index (Phi) is 29.2. The van der Waals surface area contributed by atoms with Crippen LogP contribution in [0.25, 0.3) is 22.3 Å². The van der Waals surface area contributed by atoms with E-state index in [-0.39, 0.29) is 37.1 Å². The van der Waals surface area contributed by atoms with Crippen LogP contribution in [-0.2, 0) is 14.2 Å². The number of imidazole rings is 2. The average Bonchev–Trinajstić information content (AvgIpc) is 1.64. The number of morpholine rings is 3. The number of H-pyrrole nitrogens is 3. The molecule has 0 radical (unpaired) electrons. The quantitative estimate of drug-likeness (QED) is 0.0116. The van der Waals surface area contributed by atoms with Crippen molar-refractivity contribution in [3.05, 3.63) is 167 Å². The molecule has 11 heterocycles. The maximum atomic E-state index is 5.99. The van der Waals surface area contributed by atoms with Crippen molar-refractivity contribution in [2.24, 2.45) is 4.99 Å². The van der Waals surface area contributed by atoms with Gasteiger partial charge in [-0.3, -0.25) is 0 Å². The molecule has 11 aromatic rings. The first kappa shape index (κ1) is 75.8. The van der Waals surface area contributed by atoms with Crippen molar-refractivity contribution in [2.75, 3.05) is 168 Å². The molecular formula is C71H85N21O9S3. The molecule has 3 fully saturated rings. The normalized spacial score (nSPS) is 13.3. The lowest BCUT2D eigenvalue weighted by Crippen LogP contribution is -2.37. The molecule has 33 heteroatoms. The van der Waals surface area contributed by atoms with Crippen LogP contribution in [0.5, 0.6) is 35.7 Å². The maximum absolute atomic E-state index is 5.99. The third-order valence-electron chi connectivity index (χ3n) is 15.0. The molecule has 104 heavy (non-hydrogen) atoms. The fraction of sp³-hybridized carbons (Fsp3) is 0.324. The van der Waals surface area contributed by atoms with Crippen LogP contribution < -0.4 is 65.6 Å². The summed E-state index contributed by atoms with van der Waals surface area (Å²) in [6.07, 6.45) is 9.11. The van der Waals surface area contributed by atoms with E-state index in [9.17, 15) is 0 Å². The van der Waals surface area contributed by atoms with Crippen LogP contribution in [-0.4, -0.2) is 200 Å². The zero-order chi connectivity index (χ0) is 72.7. The van der Waals surface area contributed by atoms with E-state index in [4.69, 9.17) is 72.1 Å². The second-order valence-electron chi connectivity index (χ2n) is 22.8. The number of aromatic amines is 3.